The van der Waals surface area contributed by atoms with E-state index in [1.165, 1.54) is 0 Å². The number of carbonyl (C=O) groups is 2. The molecule has 5 nitrogen and oxygen atoms in total. The lowest BCUT2D eigenvalue weighted by Crippen LogP contribution is -2.51. The SMILES string of the molecule is CNC(=O)[C@@H](Cc1ccccc1)N(Cc1cccc(Br)c1)C(=O)COc1ccccc1C(C)(C)C. The Labute approximate surface area is 216 Å². The van der Waals surface area contributed by atoms with Crippen molar-refractivity contribution in [1.82, 2.24) is 10.2 Å². The minimum absolute atomic E-state index is 0.131. The molecule has 0 saturated carbocycles. The van der Waals surface area contributed by atoms with E-state index in [9.17, 15) is 9.59 Å². The number of nitrogens with zero attached hydrogens (tertiary/aromatic N) is 1. The van der Waals surface area contributed by atoms with E-state index < -0.39 is 6.04 Å². The highest BCUT2D eigenvalue weighted by molar-refractivity contribution is 9.10. The Hall–Kier alpha value is -3.12. The van der Waals surface area contributed by atoms with Gasteiger partial charge >= 0.3 is 0 Å². The van der Waals surface area contributed by atoms with E-state index in [0.29, 0.717) is 12.2 Å². The average molecular weight is 537 g/mol. The van der Waals surface area contributed by atoms with Gasteiger partial charge in [-0.2, -0.15) is 0 Å². The topological polar surface area (TPSA) is 58.6 Å². The van der Waals surface area contributed by atoms with Gasteiger partial charge in [-0.1, -0.05) is 97.4 Å². The molecular weight excluding hydrogens is 504 g/mol. The van der Waals surface area contributed by atoms with E-state index in [2.05, 4.69) is 42.0 Å². The van der Waals surface area contributed by atoms with E-state index in [1.54, 1.807) is 11.9 Å². The van der Waals surface area contributed by atoms with Crippen LogP contribution in [0.3, 0.4) is 0 Å². The van der Waals surface area contributed by atoms with Crippen molar-refractivity contribution in [3.63, 3.8) is 0 Å². The minimum Gasteiger partial charge on any atom is -0.483 e. The van der Waals surface area contributed by atoms with Gasteiger partial charge < -0.3 is 15.0 Å². The Balaban J connectivity index is 1.91. The van der Waals surface area contributed by atoms with Crippen LogP contribution in [0, 0.1) is 0 Å². The highest BCUT2D eigenvalue weighted by Gasteiger charge is 2.30. The minimum atomic E-state index is -0.685. The maximum absolute atomic E-state index is 13.6. The van der Waals surface area contributed by atoms with Crippen LogP contribution in [0.25, 0.3) is 0 Å². The molecule has 0 aliphatic carbocycles. The molecule has 0 unspecified atom stereocenters. The van der Waals surface area contributed by atoms with E-state index >= 15 is 0 Å². The van der Waals surface area contributed by atoms with Gasteiger partial charge in [-0.05, 0) is 40.3 Å². The van der Waals surface area contributed by atoms with Crippen LogP contribution < -0.4 is 10.1 Å². The molecule has 2 amide bonds. The van der Waals surface area contributed by atoms with Crippen molar-refractivity contribution in [2.45, 2.75) is 45.2 Å². The van der Waals surface area contributed by atoms with Crippen LogP contribution in [-0.4, -0.2) is 36.4 Å². The van der Waals surface area contributed by atoms with Crippen LogP contribution in [0.4, 0.5) is 0 Å². The van der Waals surface area contributed by atoms with Gasteiger partial charge in [0.1, 0.15) is 11.8 Å². The summed E-state index contributed by atoms with van der Waals surface area (Å²) in [6.07, 6.45) is 0.402. The van der Waals surface area contributed by atoms with Crippen LogP contribution in [0.1, 0.15) is 37.5 Å². The molecule has 6 heteroatoms. The van der Waals surface area contributed by atoms with Gasteiger partial charge in [-0.3, -0.25) is 9.59 Å². The van der Waals surface area contributed by atoms with Crippen molar-refractivity contribution in [3.8, 4) is 5.75 Å². The molecule has 1 N–H and O–H groups in total. The Morgan fingerprint density at radius 3 is 2.26 bits per heavy atom. The second kappa shape index (κ2) is 12.0. The van der Waals surface area contributed by atoms with Crippen LogP contribution >= 0.6 is 15.9 Å². The molecule has 0 fully saturated rings. The summed E-state index contributed by atoms with van der Waals surface area (Å²) in [5, 5.41) is 2.74. The fourth-order valence-corrected chi connectivity index (χ4v) is 4.43. The molecule has 1 atom stereocenters. The van der Waals surface area contributed by atoms with E-state index in [0.717, 1.165) is 21.2 Å². The largest absolute Gasteiger partial charge is 0.483 e. The Morgan fingerprint density at radius 2 is 1.60 bits per heavy atom. The number of hydrogen-bond acceptors (Lipinski definition) is 3. The maximum atomic E-state index is 13.6. The van der Waals surface area contributed by atoms with Crippen molar-refractivity contribution in [2.75, 3.05) is 13.7 Å². The van der Waals surface area contributed by atoms with Crippen LogP contribution in [0.2, 0.25) is 0 Å². The van der Waals surface area contributed by atoms with Crippen LogP contribution in [-0.2, 0) is 28.0 Å². The third-order valence-corrected chi connectivity index (χ3v) is 6.30. The van der Waals surface area contributed by atoms with Gasteiger partial charge in [0.05, 0.1) is 0 Å². The molecule has 0 bridgehead atoms. The summed E-state index contributed by atoms with van der Waals surface area (Å²) in [5.41, 5.74) is 2.79. The summed E-state index contributed by atoms with van der Waals surface area (Å²) < 4.78 is 6.96. The molecule has 35 heavy (non-hydrogen) atoms. The summed E-state index contributed by atoms with van der Waals surface area (Å²) in [6, 6.07) is 24.6. The molecule has 0 aromatic heterocycles. The fourth-order valence-electron chi connectivity index (χ4n) is 3.99. The second-order valence-electron chi connectivity index (χ2n) is 9.51. The molecule has 3 rings (SSSR count). The number of nitrogens with one attached hydrogen (secondary N) is 1. The molecule has 0 saturated heterocycles. The standard InChI is InChI=1S/C29H33BrN2O3/c1-29(2,3)24-15-8-9-16-26(24)35-20-27(33)32(19-22-13-10-14-23(30)17-22)25(28(34)31-4)18-21-11-6-5-7-12-21/h5-17,25H,18-20H2,1-4H3,(H,31,34)/t25-/m1/s1. The lowest BCUT2D eigenvalue weighted by atomic mass is 9.86. The number of likely N-dealkylation sites (N-methyl/N-ethyl adjacent to an activating group) is 1. The van der Waals surface area contributed by atoms with Crippen molar-refractivity contribution < 1.29 is 14.3 Å². The quantitative estimate of drug-likeness (QED) is 0.392. The zero-order valence-corrected chi connectivity index (χ0v) is 22.3. The molecular formula is C29H33BrN2O3. The first-order valence-electron chi connectivity index (χ1n) is 11.7. The van der Waals surface area contributed by atoms with Crippen LogP contribution in [0.5, 0.6) is 5.75 Å². The molecule has 0 aliphatic heterocycles. The number of halogens is 1. The zero-order valence-electron chi connectivity index (χ0n) is 20.8. The number of para-hydroxylation sites is 1. The summed E-state index contributed by atoms with van der Waals surface area (Å²) in [7, 11) is 1.60. The Morgan fingerprint density at radius 1 is 0.943 bits per heavy atom. The first-order valence-corrected chi connectivity index (χ1v) is 12.5. The van der Waals surface area contributed by atoms with Gasteiger partial charge in [0, 0.05) is 24.5 Å². The molecule has 0 spiro atoms. The molecule has 0 aliphatic rings. The zero-order chi connectivity index (χ0) is 25.4. The number of hydrogen-bond donors (Lipinski definition) is 1. The van der Waals surface area contributed by atoms with Crippen molar-refractivity contribution >= 4 is 27.7 Å². The average Bonchev–Trinajstić information content (AvgIpc) is 2.84. The van der Waals surface area contributed by atoms with Gasteiger partial charge in [0.25, 0.3) is 5.91 Å². The first kappa shape index (κ1) is 26.5. The Kier molecular flexibility index (Phi) is 9.10. The highest BCUT2D eigenvalue weighted by Crippen LogP contribution is 2.31. The van der Waals surface area contributed by atoms with Gasteiger partial charge in [0.2, 0.25) is 5.91 Å². The number of rotatable bonds is 9. The van der Waals surface area contributed by atoms with Crippen molar-refractivity contribution in [3.05, 3.63) is 100 Å². The number of ether oxygens (including phenoxy) is 1. The first-order chi connectivity index (χ1) is 16.7. The molecule has 0 radical (unpaired) electrons. The molecule has 3 aromatic carbocycles. The molecule has 0 heterocycles. The van der Waals surface area contributed by atoms with E-state index in [4.69, 9.17) is 4.74 Å². The Bertz CT molecular complexity index is 1140. The summed E-state index contributed by atoms with van der Waals surface area (Å²) in [5.74, 6) is 0.209. The van der Waals surface area contributed by atoms with E-state index in [1.807, 2.05) is 78.9 Å². The van der Waals surface area contributed by atoms with Crippen molar-refractivity contribution in [2.24, 2.45) is 0 Å². The predicted octanol–water partition coefficient (Wildman–Crippen LogP) is 5.51. The second-order valence-corrected chi connectivity index (χ2v) is 10.4. The van der Waals surface area contributed by atoms with Crippen molar-refractivity contribution in [1.29, 1.82) is 0 Å². The fraction of sp³-hybridized carbons (Fsp3) is 0.310. The normalized spacial score (nSPS) is 12.0. The molecule has 184 valence electrons. The van der Waals surface area contributed by atoms with E-state index in [-0.39, 0.29) is 30.4 Å². The highest BCUT2D eigenvalue weighted by atomic mass is 79.9. The lowest BCUT2D eigenvalue weighted by molar-refractivity contribution is -0.142. The maximum Gasteiger partial charge on any atom is 0.261 e. The third kappa shape index (κ3) is 7.43. The van der Waals surface area contributed by atoms with Crippen LogP contribution in [0.15, 0.2) is 83.3 Å². The third-order valence-electron chi connectivity index (χ3n) is 5.81. The monoisotopic (exact) mass is 536 g/mol. The summed E-state index contributed by atoms with van der Waals surface area (Å²) in [4.78, 5) is 28.3. The summed E-state index contributed by atoms with van der Waals surface area (Å²) >= 11 is 3.50. The van der Waals surface area contributed by atoms with Gasteiger partial charge in [0.15, 0.2) is 6.61 Å². The van der Waals surface area contributed by atoms with Gasteiger partial charge in [-0.15, -0.1) is 0 Å². The predicted molar refractivity (Wildman–Crippen MR) is 143 cm³/mol. The smallest absolute Gasteiger partial charge is 0.261 e. The molecule has 3 aromatic rings. The summed E-state index contributed by atoms with van der Waals surface area (Å²) in [6.45, 7) is 6.45. The number of amides is 2. The van der Waals surface area contributed by atoms with Gasteiger partial charge in [-0.25, -0.2) is 0 Å². The number of carbonyl (C=O) groups excluding carboxylic acids is 2. The number of benzene rings is 3. The lowest BCUT2D eigenvalue weighted by Gasteiger charge is -2.31.